The lowest BCUT2D eigenvalue weighted by atomic mass is 10.1. The normalized spacial score (nSPS) is 12.2. The van der Waals surface area contributed by atoms with Gasteiger partial charge in [0.2, 0.25) is 5.91 Å². The van der Waals surface area contributed by atoms with Gasteiger partial charge < -0.3 is 15.4 Å². The Kier molecular flexibility index (Phi) is 5.06. The SMILES string of the molecule is O=C(Cc1ccc[nH]1)NCC(O)c1ccc(Cl)cc1Cl. The molecule has 0 radical (unpaired) electrons. The number of carbonyl (C=O) groups excluding carboxylic acids is 1. The second-order valence-electron chi connectivity index (χ2n) is 4.36. The Morgan fingerprint density at radius 2 is 2.15 bits per heavy atom. The third-order valence-corrected chi connectivity index (χ3v) is 3.39. The zero-order valence-corrected chi connectivity index (χ0v) is 12.1. The highest BCUT2D eigenvalue weighted by Gasteiger charge is 2.13. The summed E-state index contributed by atoms with van der Waals surface area (Å²) in [4.78, 5) is 14.6. The van der Waals surface area contributed by atoms with E-state index in [9.17, 15) is 9.90 Å². The summed E-state index contributed by atoms with van der Waals surface area (Å²) < 4.78 is 0. The fraction of sp³-hybridized carbons (Fsp3) is 0.214. The zero-order chi connectivity index (χ0) is 14.5. The quantitative estimate of drug-likeness (QED) is 0.794. The number of hydrogen-bond acceptors (Lipinski definition) is 2. The minimum Gasteiger partial charge on any atom is -0.387 e. The molecule has 1 amide bonds. The molecule has 0 saturated heterocycles. The molecule has 106 valence electrons. The van der Waals surface area contributed by atoms with Crippen molar-refractivity contribution in [3.8, 4) is 0 Å². The van der Waals surface area contributed by atoms with Crippen LogP contribution in [0.15, 0.2) is 36.5 Å². The van der Waals surface area contributed by atoms with E-state index in [4.69, 9.17) is 23.2 Å². The highest BCUT2D eigenvalue weighted by molar-refractivity contribution is 6.35. The van der Waals surface area contributed by atoms with E-state index in [-0.39, 0.29) is 18.9 Å². The van der Waals surface area contributed by atoms with Gasteiger partial charge in [-0.25, -0.2) is 0 Å². The first-order valence-electron chi connectivity index (χ1n) is 6.08. The zero-order valence-electron chi connectivity index (χ0n) is 10.6. The van der Waals surface area contributed by atoms with Crippen LogP contribution in [0, 0.1) is 0 Å². The highest BCUT2D eigenvalue weighted by Crippen LogP contribution is 2.25. The van der Waals surface area contributed by atoms with E-state index < -0.39 is 6.10 Å². The first kappa shape index (κ1) is 14.9. The van der Waals surface area contributed by atoms with Crippen LogP contribution >= 0.6 is 23.2 Å². The van der Waals surface area contributed by atoms with Gasteiger partial charge in [-0.2, -0.15) is 0 Å². The monoisotopic (exact) mass is 312 g/mol. The van der Waals surface area contributed by atoms with Crippen LogP contribution in [-0.4, -0.2) is 22.5 Å². The molecule has 0 bridgehead atoms. The molecule has 0 fully saturated rings. The molecule has 2 aromatic rings. The van der Waals surface area contributed by atoms with Gasteiger partial charge in [0.25, 0.3) is 0 Å². The number of halogens is 2. The predicted octanol–water partition coefficient (Wildman–Crippen LogP) is 2.71. The van der Waals surface area contributed by atoms with Crippen LogP contribution in [0.1, 0.15) is 17.4 Å². The van der Waals surface area contributed by atoms with Gasteiger partial charge in [-0.1, -0.05) is 29.3 Å². The standard InChI is InChI=1S/C14H14Cl2N2O2/c15-9-3-4-11(12(16)6-9)13(19)8-18-14(20)7-10-2-1-5-17-10/h1-6,13,17,19H,7-8H2,(H,18,20). The van der Waals surface area contributed by atoms with Gasteiger partial charge in [0.05, 0.1) is 12.5 Å². The second kappa shape index (κ2) is 6.79. The predicted molar refractivity (Wildman–Crippen MR) is 78.9 cm³/mol. The highest BCUT2D eigenvalue weighted by atomic mass is 35.5. The number of rotatable bonds is 5. The molecule has 20 heavy (non-hydrogen) atoms. The molecule has 1 atom stereocenters. The molecule has 2 rings (SSSR count). The van der Waals surface area contributed by atoms with Crippen molar-refractivity contribution in [3.05, 3.63) is 57.8 Å². The van der Waals surface area contributed by atoms with E-state index in [1.807, 2.05) is 12.1 Å². The van der Waals surface area contributed by atoms with Crippen molar-refractivity contribution in [1.29, 1.82) is 0 Å². The molecular weight excluding hydrogens is 299 g/mol. The molecule has 0 aliphatic heterocycles. The van der Waals surface area contributed by atoms with Crippen LogP contribution in [0.3, 0.4) is 0 Å². The van der Waals surface area contributed by atoms with Gasteiger partial charge in [-0.15, -0.1) is 0 Å². The van der Waals surface area contributed by atoms with Crippen molar-refractivity contribution < 1.29 is 9.90 Å². The Bertz CT molecular complexity index is 585. The summed E-state index contributed by atoms with van der Waals surface area (Å²) in [7, 11) is 0. The lowest BCUT2D eigenvalue weighted by Crippen LogP contribution is -2.29. The van der Waals surface area contributed by atoms with Gasteiger partial charge in [0.15, 0.2) is 0 Å². The fourth-order valence-corrected chi connectivity index (χ4v) is 2.34. The average molecular weight is 313 g/mol. The lowest BCUT2D eigenvalue weighted by molar-refractivity contribution is -0.120. The van der Waals surface area contributed by atoms with E-state index in [1.165, 1.54) is 0 Å². The van der Waals surface area contributed by atoms with Crippen molar-refractivity contribution in [3.63, 3.8) is 0 Å². The maximum absolute atomic E-state index is 11.7. The minimum atomic E-state index is -0.868. The molecule has 4 nitrogen and oxygen atoms in total. The number of nitrogens with one attached hydrogen (secondary N) is 2. The molecule has 0 spiro atoms. The smallest absolute Gasteiger partial charge is 0.226 e. The van der Waals surface area contributed by atoms with E-state index in [0.717, 1.165) is 5.69 Å². The van der Waals surface area contributed by atoms with Gasteiger partial charge in [-0.3, -0.25) is 4.79 Å². The first-order chi connectivity index (χ1) is 9.56. The van der Waals surface area contributed by atoms with E-state index in [1.54, 1.807) is 24.4 Å². The van der Waals surface area contributed by atoms with E-state index >= 15 is 0 Å². The molecular formula is C14H14Cl2N2O2. The van der Waals surface area contributed by atoms with Crippen molar-refractivity contribution in [1.82, 2.24) is 10.3 Å². The van der Waals surface area contributed by atoms with E-state index in [0.29, 0.717) is 15.6 Å². The Hall–Kier alpha value is -1.49. The number of H-pyrrole nitrogens is 1. The van der Waals surface area contributed by atoms with Crippen LogP contribution in [0.5, 0.6) is 0 Å². The molecule has 1 unspecified atom stereocenters. The van der Waals surface area contributed by atoms with Crippen LogP contribution in [0.25, 0.3) is 0 Å². The number of aliphatic hydroxyl groups is 1. The number of benzene rings is 1. The average Bonchev–Trinajstić information content (AvgIpc) is 2.89. The summed E-state index contributed by atoms with van der Waals surface area (Å²) in [6, 6.07) is 8.50. The van der Waals surface area contributed by atoms with Gasteiger partial charge in [0.1, 0.15) is 0 Å². The van der Waals surface area contributed by atoms with Crippen molar-refractivity contribution >= 4 is 29.1 Å². The lowest BCUT2D eigenvalue weighted by Gasteiger charge is -2.13. The summed E-state index contributed by atoms with van der Waals surface area (Å²) in [6.45, 7) is 0.0981. The summed E-state index contributed by atoms with van der Waals surface area (Å²) in [5.74, 6) is -0.170. The molecule has 3 N–H and O–H groups in total. The number of hydrogen-bond donors (Lipinski definition) is 3. The Balaban J connectivity index is 1.88. The van der Waals surface area contributed by atoms with Crippen LogP contribution < -0.4 is 5.32 Å². The Morgan fingerprint density at radius 3 is 2.80 bits per heavy atom. The van der Waals surface area contributed by atoms with Crippen LogP contribution in [-0.2, 0) is 11.2 Å². The number of aromatic amines is 1. The molecule has 0 saturated carbocycles. The molecule has 6 heteroatoms. The maximum atomic E-state index is 11.7. The number of carbonyl (C=O) groups is 1. The third-order valence-electron chi connectivity index (χ3n) is 2.83. The summed E-state index contributed by atoms with van der Waals surface area (Å²) in [5, 5.41) is 13.6. The van der Waals surface area contributed by atoms with Crippen molar-refractivity contribution in [2.24, 2.45) is 0 Å². The topological polar surface area (TPSA) is 65.1 Å². The molecule has 1 aromatic heterocycles. The first-order valence-corrected chi connectivity index (χ1v) is 6.84. The number of aromatic nitrogens is 1. The minimum absolute atomic E-state index is 0.0981. The molecule has 1 aromatic carbocycles. The molecule has 1 heterocycles. The fourth-order valence-electron chi connectivity index (χ4n) is 1.81. The third kappa shape index (κ3) is 4.00. The second-order valence-corrected chi connectivity index (χ2v) is 5.20. The summed E-state index contributed by atoms with van der Waals surface area (Å²) in [5.41, 5.74) is 1.36. The van der Waals surface area contributed by atoms with Crippen LogP contribution in [0.4, 0.5) is 0 Å². The van der Waals surface area contributed by atoms with Gasteiger partial charge in [-0.05, 0) is 24.3 Å². The number of amides is 1. The summed E-state index contributed by atoms with van der Waals surface area (Å²) in [6.07, 6.45) is 1.13. The van der Waals surface area contributed by atoms with Crippen molar-refractivity contribution in [2.45, 2.75) is 12.5 Å². The van der Waals surface area contributed by atoms with Crippen molar-refractivity contribution in [2.75, 3.05) is 6.54 Å². The van der Waals surface area contributed by atoms with Gasteiger partial charge >= 0.3 is 0 Å². The van der Waals surface area contributed by atoms with E-state index in [2.05, 4.69) is 10.3 Å². The molecule has 0 aliphatic carbocycles. The number of aliphatic hydroxyl groups excluding tert-OH is 1. The largest absolute Gasteiger partial charge is 0.387 e. The maximum Gasteiger partial charge on any atom is 0.226 e. The molecule has 0 aliphatic rings. The summed E-state index contributed by atoms with van der Waals surface area (Å²) >= 11 is 11.8. The Labute approximate surface area is 126 Å². The van der Waals surface area contributed by atoms with Gasteiger partial charge in [0, 0.05) is 34.0 Å². The van der Waals surface area contributed by atoms with Crippen LogP contribution in [0.2, 0.25) is 10.0 Å². The Morgan fingerprint density at radius 1 is 1.35 bits per heavy atom.